The van der Waals surface area contributed by atoms with Gasteiger partial charge in [-0.15, -0.1) is 0 Å². The Morgan fingerprint density at radius 2 is 1.89 bits per heavy atom. The zero-order valence-electron chi connectivity index (χ0n) is 10.7. The Labute approximate surface area is 126 Å². The van der Waals surface area contributed by atoms with Gasteiger partial charge in [0.05, 0.1) is 11.6 Å². The van der Waals surface area contributed by atoms with Gasteiger partial charge in [0.25, 0.3) is 0 Å². The Bertz CT molecular complexity index is 590. The molecule has 106 valence electrons. The van der Waals surface area contributed by atoms with Crippen molar-refractivity contribution in [1.29, 1.82) is 0 Å². The Balaban J connectivity index is 3.07. The molecule has 0 N–H and O–H groups in total. The van der Waals surface area contributed by atoms with E-state index in [-0.39, 0.29) is 22.4 Å². The highest BCUT2D eigenvalue weighted by Crippen LogP contribution is 2.27. The van der Waals surface area contributed by atoms with Gasteiger partial charge in [0.1, 0.15) is 4.90 Å². The van der Waals surface area contributed by atoms with Crippen molar-refractivity contribution in [1.82, 2.24) is 9.21 Å². The van der Waals surface area contributed by atoms with E-state index >= 15 is 0 Å². The quantitative estimate of drug-likeness (QED) is 0.813. The second kappa shape index (κ2) is 6.21. The molecule has 1 amide bonds. The number of carbonyl (C=O) groups excluding carboxylic acids is 1. The molecule has 1 rings (SSSR count). The second-order valence-corrected chi connectivity index (χ2v) is 7.46. The summed E-state index contributed by atoms with van der Waals surface area (Å²) >= 11 is 9.13. The SMILES string of the molecule is CN(C)C(=O)CN(C)S(=O)(=O)c1ccc(Br)cc1Cl. The number of carbonyl (C=O) groups is 1. The second-order valence-electron chi connectivity index (χ2n) is 4.12. The monoisotopic (exact) mass is 368 g/mol. The highest BCUT2D eigenvalue weighted by atomic mass is 79.9. The van der Waals surface area contributed by atoms with E-state index in [2.05, 4.69) is 15.9 Å². The number of nitrogens with zero attached hydrogens (tertiary/aromatic N) is 2. The predicted molar refractivity (Wildman–Crippen MR) is 77.7 cm³/mol. The zero-order valence-corrected chi connectivity index (χ0v) is 13.9. The summed E-state index contributed by atoms with van der Waals surface area (Å²) in [5, 5.41) is 0.110. The molecule has 0 spiro atoms. The lowest BCUT2D eigenvalue weighted by Gasteiger charge is -2.19. The van der Waals surface area contributed by atoms with E-state index in [1.807, 2.05) is 0 Å². The minimum absolute atomic E-state index is 0.0218. The number of hydrogen-bond donors (Lipinski definition) is 0. The number of likely N-dealkylation sites (N-methyl/N-ethyl adjacent to an activating group) is 2. The molecule has 0 aromatic heterocycles. The Morgan fingerprint density at radius 3 is 2.37 bits per heavy atom. The minimum atomic E-state index is -3.78. The lowest BCUT2D eigenvalue weighted by Crippen LogP contribution is -2.37. The Hall–Kier alpha value is -0.630. The molecular formula is C11H14BrClN2O3S. The van der Waals surface area contributed by atoms with Crippen LogP contribution in [0.4, 0.5) is 0 Å². The van der Waals surface area contributed by atoms with Gasteiger partial charge in [-0.25, -0.2) is 8.42 Å². The molecule has 19 heavy (non-hydrogen) atoms. The van der Waals surface area contributed by atoms with Crippen molar-refractivity contribution < 1.29 is 13.2 Å². The summed E-state index contributed by atoms with van der Waals surface area (Å²) in [6.07, 6.45) is 0. The van der Waals surface area contributed by atoms with E-state index < -0.39 is 10.0 Å². The third-order valence-corrected chi connectivity index (χ3v) is 5.22. The number of sulfonamides is 1. The number of hydrogen-bond acceptors (Lipinski definition) is 3. The van der Waals surface area contributed by atoms with Crippen LogP contribution in [0.1, 0.15) is 0 Å². The van der Waals surface area contributed by atoms with Crippen LogP contribution in [0.15, 0.2) is 27.6 Å². The summed E-state index contributed by atoms with van der Waals surface area (Å²) in [6, 6.07) is 4.48. The topological polar surface area (TPSA) is 57.7 Å². The van der Waals surface area contributed by atoms with Gasteiger partial charge < -0.3 is 4.90 Å². The molecule has 0 heterocycles. The molecule has 0 aliphatic heterocycles. The minimum Gasteiger partial charge on any atom is -0.348 e. The largest absolute Gasteiger partial charge is 0.348 e. The van der Waals surface area contributed by atoms with Crippen LogP contribution in [-0.4, -0.2) is 51.2 Å². The van der Waals surface area contributed by atoms with E-state index in [1.54, 1.807) is 20.2 Å². The molecule has 8 heteroatoms. The maximum atomic E-state index is 12.3. The summed E-state index contributed by atoms with van der Waals surface area (Å²) in [7, 11) is 0.690. The summed E-state index contributed by atoms with van der Waals surface area (Å²) in [5.74, 6) is -0.306. The Morgan fingerprint density at radius 1 is 1.32 bits per heavy atom. The average Bonchev–Trinajstić information content (AvgIpc) is 2.27. The van der Waals surface area contributed by atoms with Gasteiger partial charge in [-0.05, 0) is 18.2 Å². The van der Waals surface area contributed by atoms with Crippen LogP contribution in [0.25, 0.3) is 0 Å². The van der Waals surface area contributed by atoms with Crippen LogP contribution >= 0.6 is 27.5 Å². The van der Waals surface area contributed by atoms with Crippen LogP contribution in [-0.2, 0) is 14.8 Å². The molecule has 5 nitrogen and oxygen atoms in total. The lowest BCUT2D eigenvalue weighted by atomic mass is 10.4. The van der Waals surface area contributed by atoms with Crippen molar-refractivity contribution in [2.24, 2.45) is 0 Å². The Kier molecular flexibility index (Phi) is 5.37. The van der Waals surface area contributed by atoms with Crippen molar-refractivity contribution in [3.63, 3.8) is 0 Å². The zero-order chi connectivity index (χ0) is 14.8. The van der Waals surface area contributed by atoms with E-state index in [0.29, 0.717) is 4.47 Å². The summed E-state index contributed by atoms with van der Waals surface area (Å²) < 4.78 is 26.2. The van der Waals surface area contributed by atoms with Gasteiger partial charge >= 0.3 is 0 Å². The van der Waals surface area contributed by atoms with Crippen LogP contribution in [0.3, 0.4) is 0 Å². The van der Waals surface area contributed by atoms with Gasteiger partial charge in [0.15, 0.2) is 0 Å². The van der Waals surface area contributed by atoms with Crippen LogP contribution in [0.2, 0.25) is 5.02 Å². The van der Waals surface area contributed by atoms with Crippen molar-refractivity contribution in [3.05, 3.63) is 27.7 Å². The molecule has 0 aliphatic rings. The predicted octanol–water partition coefficient (Wildman–Crippen LogP) is 1.81. The summed E-state index contributed by atoms with van der Waals surface area (Å²) in [6.45, 7) is -0.234. The number of amides is 1. The van der Waals surface area contributed by atoms with E-state index in [4.69, 9.17) is 11.6 Å². The number of rotatable bonds is 4. The molecule has 0 aliphatic carbocycles. The van der Waals surface area contributed by atoms with Gasteiger partial charge in [0.2, 0.25) is 15.9 Å². The first-order chi connectivity index (χ1) is 8.66. The smallest absolute Gasteiger partial charge is 0.244 e. The fraction of sp³-hybridized carbons (Fsp3) is 0.364. The molecule has 0 bridgehead atoms. The van der Waals surface area contributed by atoms with Gasteiger partial charge in [-0.3, -0.25) is 4.79 Å². The summed E-state index contributed by atoms with van der Waals surface area (Å²) in [5.41, 5.74) is 0. The fourth-order valence-electron chi connectivity index (χ4n) is 1.27. The molecule has 0 atom stereocenters. The van der Waals surface area contributed by atoms with E-state index in [1.165, 1.54) is 24.1 Å². The van der Waals surface area contributed by atoms with Crippen molar-refractivity contribution >= 4 is 43.5 Å². The van der Waals surface area contributed by atoms with Crippen molar-refractivity contribution in [2.75, 3.05) is 27.7 Å². The van der Waals surface area contributed by atoms with Gasteiger partial charge in [-0.1, -0.05) is 27.5 Å². The molecule has 1 aromatic rings. The highest BCUT2D eigenvalue weighted by molar-refractivity contribution is 9.10. The van der Waals surface area contributed by atoms with E-state index in [0.717, 1.165) is 4.31 Å². The fourth-order valence-corrected chi connectivity index (χ4v) is 3.40. The highest BCUT2D eigenvalue weighted by Gasteiger charge is 2.25. The molecular weight excluding hydrogens is 356 g/mol. The first-order valence-corrected chi connectivity index (χ1v) is 7.89. The van der Waals surface area contributed by atoms with Crippen molar-refractivity contribution in [3.8, 4) is 0 Å². The average molecular weight is 370 g/mol. The molecule has 1 aromatic carbocycles. The molecule has 0 unspecified atom stereocenters. The van der Waals surface area contributed by atoms with Crippen LogP contribution in [0.5, 0.6) is 0 Å². The van der Waals surface area contributed by atoms with E-state index in [9.17, 15) is 13.2 Å². The molecule has 0 saturated carbocycles. The van der Waals surface area contributed by atoms with Crippen LogP contribution in [0, 0.1) is 0 Å². The molecule has 0 fully saturated rings. The number of halogens is 2. The first kappa shape index (κ1) is 16.4. The van der Waals surface area contributed by atoms with Crippen molar-refractivity contribution in [2.45, 2.75) is 4.90 Å². The van der Waals surface area contributed by atoms with Gasteiger partial charge in [0, 0.05) is 25.6 Å². The molecule has 0 radical (unpaired) electrons. The lowest BCUT2D eigenvalue weighted by molar-refractivity contribution is -0.128. The molecule has 0 saturated heterocycles. The normalized spacial score (nSPS) is 11.7. The van der Waals surface area contributed by atoms with Gasteiger partial charge in [-0.2, -0.15) is 4.31 Å². The maximum absolute atomic E-state index is 12.3. The first-order valence-electron chi connectivity index (χ1n) is 5.28. The van der Waals surface area contributed by atoms with Crippen LogP contribution < -0.4 is 0 Å². The third kappa shape index (κ3) is 3.92. The maximum Gasteiger partial charge on any atom is 0.244 e. The third-order valence-electron chi connectivity index (χ3n) is 2.44. The number of benzene rings is 1. The summed E-state index contributed by atoms with van der Waals surface area (Å²) in [4.78, 5) is 12.9. The standard InChI is InChI=1S/C11H14BrClN2O3S/c1-14(2)11(16)7-15(3)19(17,18)10-5-4-8(12)6-9(10)13/h4-6H,7H2,1-3H3.